The number of alkyl halides is 3. The van der Waals surface area contributed by atoms with E-state index in [1.807, 2.05) is 24.3 Å². The quantitative estimate of drug-likeness (QED) is 0.781. The molecule has 24 heavy (non-hydrogen) atoms. The fraction of sp³-hybridized carbons (Fsp3) is 0.294. The molecule has 0 aliphatic carbocycles. The highest BCUT2D eigenvalue weighted by atomic mass is 19.4. The molecule has 0 unspecified atom stereocenters. The Morgan fingerprint density at radius 2 is 2.04 bits per heavy atom. The number of aromatic amines is 1. The summed E-state index contributed by atoms with van der Waals surface area (Å²) in [6.07, 6.45) is -2.68. The zero-order valence-corrected chi connectivity index (χ0v) is 12.8. The first-order valence-corrected chi connectivity index (χ1v) is 7.70. The molecule has 4 nitrogen and oxygen atoms in total. The Balaban J connectivity index is 1.52. The van der Waals surface area contributed by atoms with Crippen molar-refractivity contribution in [3.8, 4) is 0 Å². The van der Waals surface area contributed by atoms with E-state index in [1.165, 1.54) is 6.20 Å². The van der Waals surface area contributed by atoms with Crippen molar-refractivity contribution in [2.45, 2.75) is 25.7 Å². The predicted octanol–water partition coefficient (Wildman–Crippen LogP) is 3.54. The lowest BCUT2D eigenvalue weighted by molar-refractivity contribution is -0.145. The summed E-state index contributed by atoms with van der Waals surface area (Å²) in [5.41, 5.74) is 3.45. The van der Waals surface area contributed by atoms with Crippen LogP contribution in [-0.2, 0) is 25.7 Å². The van der Waals surface area contributed by atoms with E-state index in [2.05, 4.69) is 25.9 Å². The molecule has 3 aromatic rings. The molecule has 1 N–H and O–H groups in total. The highest BCUT2D eigenvalue weighted by Crippen LogP contribution is 2.28. The number of fused-ring (bicyclic) bond motifs is 2. The third-order valence-corrected chi connectivity index (χ3v) is 4.25. The van der Waals surface area contributed by atoms with Crippen molar-refractivity contribution in [3.63, 3.8) is 0 Å². The second kappa shape index (κ2) is 5.59. The summed E-state index contributed by atoms with van der Waals surface area (Å²) < 4.78 is 38.1. The number of halogens is 3. The van der Waals surface area contributed by atoms with Crippen LogP contribution in [0.2, 0.25) is 0 Å². The molecule has 3 heterocycles. The van der Waals surface area contributed by atoms with E-state index in [9.17, 15) is 13.2 Å². The second-order valence-corrected chi connectivity index (χ2v) is 6.01. The van der Waals surface area contributed by atoms with Crippen LogP contribution in [0.4, 0.5) is 13.2 Å². The smallest absolute Gasteiger partial charge is 0.357 e. The van der Waals surface area contributed by atoms with Gasteiger partial charge in [-0.2, -0.15) is 13.2 Å². The van der Waals surface area contributed by atoms with Crippen LogP contribution in [0.3, 0.4) is 0 Å². The molecule has 1 aromatic carbocycles. The largest absolute Gasteiger partial charge is 0.451 e. The van der Waals surface area contributed by atoms with E-state index < -0.39 is 12.0 Å². The molecule has 7 heteroatoms. The van der Waals surface area contributed by atoms with Crippen molar-refractivity contribution in [1.29, 1.82) is 0 Å². The van der Waals surface area contributed by atoms with Gasteiger partial charge in [0.25, 0.3) is 0 Å². The third kappa shape index (κ3) is 2.87. The number of hydrogen-bond donors (Lipinski definition) is 1. The van der Waals surface area contributed by atoms with Crippen molar-refractivity contribution in [3.05, 3.63) is 59.3 Å². The van der Waals surface area contributed by atoms with Gasteiger partial charge in [0.1, 0.15) is 0 Å². The molecule has 1 aliphatic heterocycles. The van der Waals surface area contributed by atoms with E-state index in [0.29, 0.717) is 25.2 Å². The molecule has 0 saturated heterocycles. The second-order valence-electron chi connectivity index (χ2n) is 6.01. The maximum absolute atomic E-state index is 12.7. The Labute approximate surface area is 136 Å². The monoisotopic (exact) mass is 332 g/mol. The van der Waals surface area contributed by atoms with Crippen molar-refractivity contribution < 1.29 is 13.2 Å². The van der Waals surface area contributed by atoms with Crippen molar-refractivity contribution >= 4 is 10.9 Å². The summed E-state index contributed by atoms with van der Waals surface area (Å²) >= 11 is 0. The molecular weight excluding hydrogens is 317 g/mol. The van der Waals surface area contributed by atoms with E-state index in [0.717, 1.165) is 28.7 Å². The molecule has 0 amide bonds. The molecule has 2 aromatic heterocycles. The molecule has 1 aliphatic rings. The summed E-state index contributed by atoms with van der Waals surface area (Å²) in [6.45, 7) is 1.95. The molecule has 0 atom stereocenters. The first kappa shape index (κ1) is 15.1. The fourth-order valence-corrected chi connectivity index (χ4v) is 3.11. The van der Waals surface area contributed by atoms with Gasteiger partial charge >= 0.3 is 6.18 Å². The average Bonchev–Trinajstić information content (AvgIpc) is 2.95. The SMILES string of the molecule is FC(F)(F)c1ncc2c(n1)CCN(Cc1cc3ccccc3[nH]1)C2. The van der Waals surface area contributed by atoms with Gasteiger partial charge in [-0.25, -0.2) is 9.97 Å². The number of aromatic nitrogens is 3. The minimum Gasteiger partial charge on any atom is -0.357 e. The Morgan fingerprint density at radius 3 is 2.83 bits per heavy atom. The number of benzene rings is 1. The highest BCUT2D eigenvalue weighted by molar-refractivity contribution is 5.80. The number of nitrogens with one attached hydrogen (secondary N) is 1. The van der Waals surface area contributed by atoms with Crippen molar-refractivity contribution in [2.75, 3.05) is 6.54 Å². The standard InChI is InChI=1S/C17H15F3N4/c18-17(19,20)16-21-8-12-9-24(6-5-15(12)23-16)10-13-7-11-3-1-2-4-14(11)22-13/h1-4,7-8,22H,5-6,9-10H2. The Kier molecular flexibility index (Phi) is 3.53. The van der Waals surface area contributed by atoms with Gasteiger partial charge in [0.05, 0.1) is 5.69 Å². The van der Waals surface area contributed by atoms with Gasteiger partial charge in [-0.15, -0.1) is 0 Å². The molecular formula is C17H15F3N4. The molecule has 0 fully saturated rings. The lowest BCUT2D eigenvalue weighted by atomic mass is 10.1. The van der Waals surface area contributed by atoms with Gasteiger partial charge in [0.2, 0.25) is 5.82 Å². The molecule has 124 valence electrons. The first-order chi connectivity index (χ1) is 11.5. The Hall–Kier alpha value is -2.41. The predicted molar refractivity (Wildman–Crippen MR) is 83.2 cm³/mol. The molecule has 0 bridgehead atoms. The normalized spacial score (nSPS) is 15.6. The van der Waals surface area contributed by atoms with Gasteiger partial charge in [0, 0.05) is 49.0 Å². The lowest BCUT2D eigenvalue weighted by Gasteiger charge is -2.27. The number of rotatable bonds is 2. The van der Waals surface area contributed by atoms with Crippen molar-refractivity contribution in [2.24, 2.45) is 0 Å². The molecule has 0 spiro atoms. The van der Waals surface area contributed by atoms with Gasteiger partial charge in [0.15, 0.2) is 0 Å². The summed E-state index contributed by atoms with van der Waals surface area (Å²) in [5.74, 6) is -1.05. The van der Waals surface area contributed by atoms with Crippen LogP contribution in [-0.4, -0.2) is 26.4 Å². The van der Waals surface area contributed by atoms with Crippen LogP contribution < -0.4 is 0 Å². The summed E-state index contributed by atoms with van der Waals surface area (Å²) in [7, 11) is 0. The van der Waals surface area contributed by atoms with Crippen LogP contribution in [0.5, 0.6) is 0 Å². The third-order valence-electron chi connectivity index (χ3n) is 4.25. The van der Waals surface area contributed by atoms with Crippen LogP contribution >= 0.6 is 0 Å². The number of nitrogens with zero attached hydrogens (tertiary/aromatic N) is 3. The molecule has 0 saturated carbocycles. The maximum Gasteiger partial charge on any atom is 0.451 e. The number of H-pyrrole nitrogens is 1. The number of hydrogen-bond acceptors (Lipinski definition) is 3. The zero-order chi connectivity index (χ0) is 16.7. The number of para-hydroxylation sites is 1. The van der Waals surface area contributed by atoms with Gasteiger partial charge in [-0.05, 0) is 17.5 Å². The zero-order valence-electron chi connectivity index (χ0n) is 12.8. The van der Waals surface area contributed by atoms with E-state index >= 15 is 0 Å². The molecule has 0 radical (unpaired) electrons. The maximum atomic E-state index is 12.7. The minimum atomic E-state index is -4.49. The summed E-state index contributed by atoms with van der Waals surface area (Å²) in [6, 6.07) is 10.2. The Morgan fingerprint density at radius 1 is 1.21 bits per heavy atom. The lowest BCUT2D eigenvalue weighted by Crippen LogP contribution is -2.31. The minimum absolute atomic E-state index is 0.501. The Bertz CT molecular complexity index is 852. The van der Waals surface area contributed by atoms with Gasteiger partial charge in [-0.3, -0.25) is 4.90 Å². The van der Waals surface area contributed by atoms with Crippen LogP contribution in [0, 0.1) is 0 Å². The van der Waals surface area contributed by atoms with E-state index in [-0.39, 0.29) is 0 Å². The van der Waals surface area contributed by atoms with Gasteiger partial charge in [-0.1, -0.05) is 18.2 Å². The fourth-order valence-electron chi connectivity index (χ4n) is 3.11. The first-order valence-electron chi connectivity index (χ1n) is 7.70. The van der Waals surface area contributed by atoms with Crippen LogP contribution in [0.1, 0.15) is 22.8 Å². The van der Waals surface area contributed by atoms with E-state index in [4.69, 9.17) is 0 Å². The summed E-state index contributed by atoms with van der Waals surface area (Å²) in [4.78, 5) is 12.7. The van der Waals surface area contributed by atoms with Crippen LogP contribution in [0.25, 0.3) is 10.9 Å². The topological polar surface area (TPSA) is 44.8 Å². The van der Waals surface area contributed by atoms with Gasteiger partial charge < -0.3 is 4.98 Å². The highest BCUT2D eigenvalue weighted by Gasteiger charge is 2.35. The van der Waals surface area contributed by atoms with Crippen molar-refractivity contribution in [1.82, 2.24) is 19.9 Å². The molecule has 4 rings (SSSR count). The average molecular weight is 332 g/mol. The summed E-state index contributed by atoms with van der Waals surface area (Å²) in [5, 5.41) is 1.16. The van der Waals surface area contributed by atoms with Crippen LogP contribution in [0.15, 0.2) is 36.5 Å². The van der Waals surface area contributed by atoms with E-state index in [1.54, 1.807) is 0 Å².